The molecule has 2 heterocycles. The fourth-order valence-corrected chi connectivity index (χ4v) is 4.00. The normalized spacial score (nSPS) is 11.6. The third kappa shape index (κ3) is 3.31. The Kier molecular flexibility index (Phi) is 4.63. The van der Waals surface area contributed by atoms with Crippen molar-refractivity contribution in [1.29, 1.82) is 0 Å². The highest BCUT2D eigenvalue weighted by molar-refractivity contribution is 7.22. The monoisotopic (exact) mass is 382 g/mol. The van der Waals surface area contributed by atoms with E-state index < -0.39 is 0 Å². The molecular weight excluding hydrogens is 363 g/mol. The number of nitrogens with one attached hydrogen (secondary N) is 1. The second-order valence-electron chi connectivity index (χ2n) is 6.59. The van der Waals surface area contributed by atoms with E-state index in [4.69, 9.17) is 0 Å². The summed E-state index contributed by atoms with van der Waals surface area (Å²) in [7, 11) is 3.90. The first-order valence-corrected chi connectivity index (χ1v) is 9.44. The number of anilines is 1. The molecule has 0 fully saturated rings. The zero-order chi connectivity index (χ0) is 19.0. The van der Waals surface area contributed by atoms with Gasteiger partial charge in [-0.3, -0.25) is 9.69 Å². The molecule has 0 bridgehead atoms. The molecule has 0 aliphatic carbocycles. The second-order valence-corrected chi connectivity index (χ2v) is 7.60. The number of halogens is 1. The van der Waals surface area contributed by atoms with Gasteiger partial charge in [0.15, 0.2) is 5.13 Å². The molecule has 1 N–H and O–H groups in total. The Morgan fingerprint density at radius 3 is 2.74 bits per heavy atom. The first-order valence-electron chi connectivity index (χ1n) is 8.62. The predicted octanol–water partition coefficient (Wildman–Crippen LogP) is 4.13. The number of carbonyl (C=O) groups is 1. The highest BCUT2D eigenvalue weighted by atomic mass is 32.1. The van der Waals surface area contributed by atoms with Gasteiger partial charge in [-0.15, -0.1) is 0 Å². The van der Waals surface area contributed by atoms with E-state index in [0.29, 0.717) is 29.3 Å². The van der Waals surface area contributed by atoms with Crippen LogP contribution in [-0.4, -0.2) is 48.0 Å². The van der Waals surface area contributed by atoms with Gasteiger partial charge in [-0.1, -0.05) is 35.6 Å². The van der Waals surface area contributed by atoms with Crippen LogP contribution in [0.2, 0.25) is 0 Å². The Hall–Kier alpha value is -2.77. The van der Waals surface area contributed by atoms with Gasteiger partial charge in [-0.25, -0.2) is 9.37 Å². The summed E-state index contributed by atoms with van der Waals surface area (Å²) in [6, 6.07) is 12.5. The number of H-pyrrole nitrogens is 1. The predicted molar refractivity (Wildman–Crippen MR) is 108 cm³/mol. The topological polar surface area (TPSA) is 52.2 Å². The van der Waals surface area contributed by atoms with Crippen LogP contribution in [0, 0.1) is 5.82 Å². The minimum absolute atomic E-state index is 0.145. The number of fused-ring (bicyclic) bond motifs is 2. The maximum absolute atomic E-state index is 14.1. The summed E-state index contributed by atoms with van der Waals surface area (Å²) in [5.41, 5.74) is 1.80. The molecule has 0 spiro atoms. The van der Waals surface area contributed by atoms with E-state index in [2.05, 4.69) is 9.97 Å². The number of likely N-dealkylation sites (N-methyl/N-ethyl adjacent to an activating group) is 1. The summed E-state index contributed by atoms with van der Waals surface area (Å²) >= 11 is 1.33. The van der Waals surface area contributed by atoms with Crippen LogP contribution in [-0.2, 0) is 0 Å². The second kappa shape index (κ2) is 7.09. The third-order valence-corrected chi connectivity index (χ3v) is 5.47. The molecule has 0 saturated heterocycles. The zero-order valence-electron chi connectivity index (χ0n) is 15.1. The number of rotatable bonds is 5. The summed E-state index contributed by atoms with van der Waals surface area (Å²) in [6.07, 6.45) is 1.73. The SMILES string of the molecule is CN(C)CCN(C(=O)c1c[nH]c2ccccc12)c1nc2c(F)cccc2s1. The van der Waals surface area contributed by atoms with Crippen LogP contribution in [0.4, 0.5) is 9.52 Å². The van der Waals surface area contributed by atoms with Crippen molar-refractivity contribution in [2.24, 2.45) is 0 Å². The number of aromatic amines is 1. The summed E-state index contributed by atoms with van der Waals surface area (Å²) in [5.74, 6) is -0.518. The first kappa shape index (κ1) is 17.6. The van der Waals surface area contributed by atoms with Crippen molar-refractivity contribution in [1.82, 2.24) is 14.9 Å². The molecule has 0 saturated carbocycles. The number of amides is 1. The molecule has 0 unspecified atom stereocenters. The van der Waals surface area contributed by atoms with E-state index in [9.17, 15) is 9.18 Å². The average molecular weight is 382 g/mol. The number of benzene rings is 2. The van der Waals surface area contributed by atoms with Crippen molar-refractivity contribution < 1.29 is 9.18 Å². The van der Waals surface area contributed by atoms with Crippen molar-refractivity contribution >= 4 is 43.5 Å². The third-order valence-electron chi connectivity index (χ3n) is 4.42. The zero-order valence-corrected chi connectivity index (χ0v) is 15.9. The highest BCUT2D eigenvalue weighted by Crippen LogP contribution is 2.31. The van der Waals surface area contributed by atoms with Crippen molar-refractivity contribution in [3.8, 4) is 0 Å². The molecule has 2 aromatic carbocycles. The Morgan fingerprint density at radius 2 is 1.96 bits per heavy atom. The minimum Gasteiger partial charge on any atom is -0.360 e. The van der Waals surface area contributed by atoms with Gasteiger partial charge in [0.1, 0.15) is 11.3 Å². The van der Waals surface area contributed by atoms with Gasteiger partial charge in [-0.2, -0.15) is 0 Å². The van der Waals surface area contributed by atoms with E-state index in [1.807, 2.05) is 49.3 Å². The summed E-state index contributed by atoms with van der Waals surface area (Å²) < 4.78 is 14.8. The average Bonchev–Trinajstić information content (AvgIpc) is 3.26. The number of aromatic nitrogens is 2. The molecule has 27 heavy (non-hydrogen) atoms. The maximum Gasteiger partial charge on any atom is 0.262 e. The van der Waals surface area contributed by atoms with Crippen LogP contribution < -0.4 is 4.90 Å². The molecule has 2 aromatic heterocycles. The van der Waals surface area contributed by atoms with Crippen LogP contribution >= 0.6 is 11.3 Å². The number of carbonyl (C=O) groups excluding carboxylic acids is 1. The van der Waals surface area contributed by atoms with E-state index in [1.54, 1.807) is 17.2 Å². The Balaban J connectivity index is 1.78. The summed E-state index contributed by atoms with van der Waals surface area (Å²) in [5, 5.41) is 1.37. The molecule has 5 nitrogen and oxygen atoms in total. The van der Waals surface area contributed by atoms with Gasteiger partial charge in [0.25, 0.3) is 5.91 Å². The number of nitrogens with zero attached hydrogens (tertiary/aromatic N) is 3. The van der Waals surface area contributed by atoms with E-state index in [0.717, 1.165) is 15.6 Å². The molecule has 4 rings (SSSR count). The smallest absolute Gasteiger partial charge is 0.262 e. The van der Waals surface area contributed by atoms with Crippen molar-refractivity contribution in [3.63, 3.8) is 0 Å². The van der Waals surface area contributed by atoms with E-state index >= 15 is 0 Å². The molecule has 0 aliphatic rings. The number of thiazole rings is 1. The number of hydrogen-bond donors (Lipinski definition) is 1. The largest absolute Gasteiger partial charge is 0.360 e. The Morgan fingerprint density at radius 1 is 1.15 bits per heavy atom. The molecule has 0 atom stereocenters. The van der Waals surface area contributed by atoms with Gasteiger partial charge in [0.2, 0.25) is 0 Å². The van der Waals surface area contributed by atoms with Gasteiger partial charge in [0, 0.05) is 30.2 Å². The van der Waals surface area contributed by atoms with Gasteiger partial charge in [0.05, 0.1) is 10.3 Å². The molecule has 1 amide bonds. The lowest BCUT2D eigenvalue weighted by molar-refractivity contribution is 0.0987. The lowest BCUT2D eigenvalue weighted by Crippen LogP contribution is -2.36. The fraction of sp³-hybridized carbons (Fsp3) is 0.200. The fourth-order valence-electron chi connectivity index (χ4n) is 3.00. The van der Waals surface area contributed by atoms with Crippen molar-refractivity contribution in [3.05, 3.63) is 60.0 Å². The van der Waals surface area contributed by atoms with Gasteiger partial charge in [-0.05, 0) is 32.3 Å². The molecule has 0 radical (unpaired) electrons. The van der Waals surface area contributed by atoms with Gasteiger partial charge < -0.3 is 9.88 Å². The standard InChI is InChI=1S/C20H19FN4OS/c1-24(2)10-11-25(20-23-18-15(21)7-5-9-17(18)27-20)19(26)14-12-22-16-8-4-3-6-13(14)16/h3-9,12,22H,10-11H2,1-2H3. The van der Waals surface area contributed by atoms with Crippen LogP contribution in [0.15, 0.2) is 48.7 Å². The molecule has 138 valence electrons. The molecule has 4 aromatic rings. The minimum atomic E-state index is -0.373. The lowest BCUT2D eigenvalue weighted by Gasteiger charge is -2.21. The van der Waals surface area contributed by atoms with Crippen LogP contribution in [0.5, 0.6) is 0 Å². The summed E-state index contributed by atoms with van der Waals surface area (Å²) in [4.78, 5) is 24.6. The molecule has 7 heteroatoms. The van der Waals surface area contributed by atoms with E-state index in [1.165, 1.54) is 17.4 Å². The van der Waals surface area contributed by atoms with Crippen molar-refractivity contribution in [2.75, 3.05) is 32.1 Å². The highest BCUT2D eigenvalue weighted by Gasteiger charge is 2.24. The lowest BCUT2D eigenvalue weighted by atomic mass is 10.1. The van der Waals surface area contributed by atoms with Gasteiger partial charge >= 0.3 is 0 Å². The number of para-hydroxylation sites is 2. The van der Waals surface area contributed by atoms with Crippen LogP contribution in [0.1, 0.15) is 10.4 Å². The quantitative estimate of drug-likeness (QED) is 0.565. The number of hydrogen-bond acceptors (Lipinski definition) is 4. The Bertz CT molecular complexity index is 1120. The maximum atomic E-state index is 14.1. The van der Waals surface area contributed by atoms with Crippen LogP contribution in [0.3, 0.4) is 0 Å². The first-order chi connectivity index (χ1) is 13.0. The van der Waals surface area contributed by atoms with Crippen LogP contribution in [0.25, 0.3) is 21.1 Å². The van der Waals surface area contributed by atoms with E-state index in [-0.39, 0.29) is 11.7 Å². The molecular formula is C20H19FN4OS. The Labute approximate surface area is 160 Å². The van der Waals surface area contributed by atoms with Crippen molar-refractivity contribution in [2.45, 2.75) is 0 Å². The summed E-state index contributed by atoms with van der Waals surface area (Å²) in [6.45, 7) is 1.14. The molecule has 0 aliphatic heterocycles.